The van der Waals surface area contributed by atoms with Gasteiger partial charge >= 0.3 is 0 Å². The first-order valence-electron chi connectivity index (χ1n) is 8.40. The molecule has 0 aromatic rings. The number of sulfone groups is 1. The van der Waals surface area contributed by atoms with Gasteiger partial charge in [0.15, 0.2) is 14.6 Å². The summed E-state index contributed by atoms with van der Waals surface area (Å²) in [7, 11) is -3.68. The van der Waals surface area contributed by atoms with Gasteiger partial charge in [-0.15, -0.1) is 0 Å². The largest absolute Gasteiger partial charge is 0.396 e. The van der Waals surface area contributed by atoms with Crippen molar-refractivity contribution in [3.05, 3.63) is 11.6 Å². The van der Waals surface area contributed by atoms with Crippen LogP contribution in [0, 0.1) is 23.7 Å². The maximum absolute atomic E-state index is 11.9. The average Bonchev–Trinajstić information content (AvgIpc) is 2.61. The Morgan fingerprint density at radius 1 is 1.42 bits per heavy atom. The molecule has 1 rings (SSSR count). The molecule has 144 valence electrons. The molecule has 0 saturated carbocycles. The number of rotatable bonds is 7. The van der Waals surface area contributed by atoms with Crippen LogP contribution >= 0.6 is 0 Å². The number of unbranched alkanes of at least 4 members (excludes halogenated alkanes) is 1. The third-order valence-corrected chi connectivity index (χ3v) is 6.46. The molecule has 0 aliphatic carbocycles. The van der Waals surface area contributed by atoms with E-state index >= 15 is 0 Å². The van der Waals surface area contributed by atoms with Crippen LogP contribution < -0.4 is 5.48 Å². The number of hydrogen-bond acceptors (Lipinski definition) is 6. The van der Waals surface area contributed by atoms with Gasteiger partial charge in [0.25, 0.3) is 5.91 Å². The molecular formula is C18H26N2O5S. The first kappa shape index (κ1) is 22.2. The zero-order chi connectivity index (χ0) is 19.6. The van der Waals surface area contributed by atoms with Crippen LogP contribution in [0.5, 0.6) is 0 Å². The van der Waals surface area contributed by atoms with Crippen molar-refractivity contribution in [2.24, 2.45) is 0 Å². The Morgan fingerprint density at radius 2 is 2.15 bits per heavy atom. The van der Waals surface area contributed by atoms with Crippen molar-refractivity contribution in [1.29, 1.82) is 0 Å². The highest BCUT2D eigenvalue weighted by molar-refractivity contribution is 7.92. The molecule has 8 heteroatoms. The van der Waals surface area contributed by atoms with Gasteiger partial charge in [-0.25, -0.2) is 13.9 Å². The van der Waals surface area contributed by atoms with Crippen molar-refractivity contribution in [3.8, 4) is 23.7 Å². The summed E-state index contributed by atoms with van der Waals surface area (Å²) in [6.45, 7) is 3.18. The molecule has 0 aromatic carbocycles. The molecule has 1 aliphatic heterocycles. The van der Waals surface area contributed by atoms with Gasteiger partial charge in [0.05, 0.1) is 0 Å². The van der Waals surface area contributed by atoms with E-state index in [0.717, 1.165) is 18.2 Å². The van der Waals surface area contributed by atoms with Crippen molar-refractivity contribution in [1.82, 2.24) is 10.4 Å². The summed E-state index contributed by atoms with van der Waals surface area (Å²) in [5.74, 6) is 10.5. The molecule has 3 N–H and O–H groups in total. The predicted molar refractivity (Wildman–Crippen MR) is 98.8 cm³/mol. The highest BCUT2D eigenvalue weighted by Crippen LogP contribution is 2.22. The molecule has 1 atom stereocenters. The second kappa shape index (κ2) is 10.3. The lowest BCUT2D eigenvalue weighted by molar-refractivity contribution is -0.131. The Hall–Kier alpha value is -1.84. The monoisotopic (exact) mass is 382 g/mol. The number of hydrogen-bond donors (Lipinski definition) is 3. The van der Waals surface area contributed by atoms with E-state index in [2.05, 4.69) is 23.7 Å². The van der Waals surface area contributed by atoms with Gasteiger partial charge in [0.1, 0.15) is 0 Å². The Balaban J connectivity index is 2.60. The number of aliphatic hydroxyl groups excluding tert-OH is 1. The molecule has 0 radical (unpaired) electrons. The van der Waals surface area contributed by atoms with Crippen LogP contribution in [0.15, 0.2) is 11.6 Å². The number of carbonyl (C=O) groups excluding carboxylic acids is 1. The van der Waals surface area contributed by atoms with E-state index in [1.54, 1.807) is 0 Å². The standard InChI is InChI=1S/C18H26N2O5S/c1-18(17(22)19-23,26(2,24)25)11-14-20-12-9-16(10-13-20)8-6-4-3-5-7-15-21/h9,21,23H,5,7,10-15H2,1-2H3,(H,19,22). The van der Waals surface area contributed by atoms with Gasteiger partial charge in [-0.05, 0) is 38.0 Å². The topological polar surface area (TPSA) is 107 Å². The summed E-state index contributed by atoms with van der Waals surface area (Å²) in [6, 6.07) is 0. The van der Waals surface area contributed by atoms with Crippen molar-refractivity contribution in [2.75, 3.05) is 32.5 Å². The van der Waals surface area contributed by atoms with E-state index in [1.807, 2.05) is 11.0 Å². The second-order valence-corrected chi connectivity index (χ2v) is 8.80. The van der Waals surface area contributed by atoms with E-state index < -0.39 is 20.5 Å². The van der Waals surface area contributed by atoms with Crippen molar-refractivity contribution in [3.63, 3.8) is 0 Å². The SMILES string of the molecule is CC(CCN1CC=C(C#CC#CCCCO)CC1)(C(=O)NO)S(C)(=O)=O. The molecule has 1 amide bonds. The fourth-order valence-corrected chi connectivity index (χ4v) is 3.22. The van der Waals surface area contributed by atoms with Crippen LogP contribution in [-0.4, -0.2) is 66.8 Å². The van der Waals surface area contributed by atoms with Gasteiger partial charge in [-0.2, -0.15) is 0 Å². The lowest BCUT2D eigenvalue weighted by Crippen LogP contribution is -2.51. The predicted octanol–water partition coefficient (Wildman–Crippen LogP) is 0.0966. The Kier molecular flexibility index (Phi) is 8.83. The van der Waals surface area contributed by atoms with Crippen LogP contribution in [0.4, 0.5) is 0 Å². The van der Waals surface area contributed by atoms with E-state index in [4.69, 9.17) is 10.3 Å². The van der Waals surface area contributed by atoms with E-state index in [9.17, 15) is 13.2 Å². The van der Waals surface area contributed by atoms with Crippen LogP contribution in [0.3, 0.4) is 0 Å². The molecule has 0 saturated heterocycles. The van der Waals surface area contributed by atoms with Gasteiger partial charge < -0.3 is 5.11 Å². The highest BCUT2D eigenvalue weighted by Gasteiger charge is 2.43. The first-order chi connectivity index (χ1) is 12.2. The molecule has 1 aliphatic rings. The minimum Gasteiger partial charge on any atom is -0.396 e. The van der Waals surface area contributed by atoms with Crippen LogP contribution in [0.25, 0.3) is 0 Å². The van der Waals surface area contributed by atoms with Gasteiger partial charge in [0.2, 0.25) is 0 Å². The summed E-state index contributed by atoms with van der Waals surface area (Å²) in [4.78, 5) is 13.8. The summed E-state index contributed by atoms with van der Waals surface area (Å²) in [5.41, 5.74) is 2.44. The molecule has 26 heavy (non-hydrogen) atoms. The summed E-state index contributed by atoms with van der Waals surface area (Å²) in [6.07, 6.45) is 5.05. The molecule has 0 spiro atoms. The van der Waals surface area contributed by atoms with E-state index in [-0.39, 0.29) is 13.0 Å². The zero-order valence-corrected chi connectivity index (χ0v) is 16.0. The molecule has 7 nitrogen and oxygen atoms in total. The molecule has 0 aromatic heterocycles. The Labute approximate surface area is 155 Å². The smallest absolute Gasteiger partial charge is 0.264 e. The fraction of sp³-hybridized carbons (Fsp3) is 0.611. The van der Waals surface area contributed by atoms with Crippen molar-refractivity contribution >= 4 is 15.7 Å². The van der Waals surface area contributed by atoms with Crippen molar-refractivity contribution < 1.29 is 23.5 Å². The van der Waals surface area contributed by atoms with Gasteiger partial charge in [-0.3, -0.25) is 14.9 Å². The Bertz CT molecular complexity index is 752. The summed E-state index contributed by atoms with van der Waals surface area (Å²) >= 11 is 0. The van der Waals surface area contributed by atoms with Gasteiger partial charge in [0, 0.05) is 44.5 Å². The normalized spacial score (nSPS) is 17.0. The minimum absolute atomic E-state index is 0.0867. The molecular weight excluding hydrogens is 356 g/mol. The third-order valence-electron chi connectivity index (χ3n) is 4.43. The lowest BCUT2D eigenvalue weighted by Gasteiger charge is -2.30. The van der Waals surface area contributed by atoms with E-state index in [1.165, 1.54) is 12.4 Å². The zero-order valence-electron chi connectivity index (χ0n) is 15.2. The molecule has 0 bridgehead atoms. The number of hydroxylamine groups is 1. The fourth-order valence-electron chi connectivity index (χ4n) is 2.37. The number of amides is 1. The lowest BCUT2D eigenvalue weighted by atomic mass is 10.0. The van der Waals surface area contributed by atoms with E-state index in [0.29, 0.717) is 32.5 Å². The number of nitrogens with zero attached hydrogens (tertiary/aromatic N) is 1. The molecule has 0 fully saturated rings. The summed E-state index contributed by atoms with van der Waals surface area (Å²) < 4.78 is 22.2. The van der Waals surface area contributed by atoms with Crippen molar-refractivity contribution in [2.45, 2.75) is 37.4 Å². The average molecular weight is 382 g/mol. The maximum atomic E-state index is 11.9. The summed E-state index contributed by atoms with van der Waals surface area (Å²) in [5, 5.41) is 17.5. The minimum atomic E-state index is -3.68. The molecule has 1 heterocycles. The number of carbonyl (C=O) groups is 1. The third kappa shape index (κ3) is 6.47. The van der Waals surface area contributed by atoms with Crippen LogP contribution in [-0.2, 0) is 14.6 Å². The molecule has 1 unspecified atom stereocenters. The first-order valence-corrected chi connectivity index (χ1v) is 10.3. The number of aliphatic hydroxyl groups is 1. The van der Waals surface area contributed by atoms with Gasteiger partial charge in [-0.1, -0.05) is 17.9 Å². The Morgan fingerprint density at radius 3 is 2.69 bits per heavy atom. The quantitative estimate of drug-likeness (QED) is 0.249. The second-order valence-electron chi connectivity index (χ2n) is 6.35. The van der Waals surface area contributed by atoms with Crippen LogP contribution in [0.1, 0.15) is 32.6 Å². The highest BCUT2D eigenvalue weighted by atomic mass is 32.2. The van der Waals surface area contributed by atoms with Crippen LogP contribution in [0.2, 0.25) is 0 Å². The number of nitrogens with one attached hydrogen (secondary N) is 1. The maximum Gasteiger partial charge on any atom is 0.264 e.